The summed E-state index contributed by atoms with van der Waals surface area (Å²) in [6, 6.07) is 0. The van der Waals surface area contributed by atoms with Crippen LogP contribution < -0.4 is 5.32 Å². The van der Waals surface area contributed by atoms with E-state index in [1.807, 2.05) is 11.8 Å². The zero-order valence-corrected chi connectivity index (χ0v) is 9.78. The van der Waals surface area contributed by atoms with Crippen LogP contribution in [0, 0.1) is 5.92 Å². The first-order valence-corrected chi connectivity index (χ1v) is 6.71. The Hall–Kier alpha value is -0.180. The molecule has 0 amide bonds. The molecule has 0 radical (unpaired) electrons. The number of thioether (sulfide) groups is 1. The third-order valence-corrected chi connectivity index (χ3v) is 4.31. The molecule has 0 saturated heterocycles. The van der Waals surface area contributed by atoms with E-state index in [4.69, 9.17) is 0 Å². The number of hydrogen-bond acceptors (Lipinski definition) is 3. The largest absolute Gasteiger partial charge is 0.365 e. The minimum absolute atomic E-state index is 0.754. The van der Waals surface area contributed by atoms with Gasteiger partial charge in [-0.3, -0.25) is 4.99 Å². The molecule has 2 rings (SSSR count). The van der Waals surface area contributed by atoms with E-state index in [-0.39, 0.29) is 0 Å². The predicted octanol–water partition coefficient (Wildman–Crippen LogP) is 2.65. The van der Waals surface area contributed by atoms with Crippen molar-refractivity contribution in [2.75, 3.05) is 13.1 Å². The van der Waals surface area contributed by atoms with Gasteiger partial charge in [-0.1, -0.05) is 31.5 Å². The van der Waals surface area contributed by atoms with Crippen molar-refractivity contribution in [3.8, 4) is 0 Å². The van der Waals surface area contributed by atoms with Crippen LogP contribution in [0.5, 0.6) is 0 Å². The van der Waals surface area contributed by atoms with E-state index in [1.165, 1.54) is 37.3 Å². The molecule has 1 heterocycles. The lowest BCUT2D eigenvalue weighted by Gasteiger charge is -2.25. The second kappa shape index (κ2) is 5.06. The van der Waals surface area contributed by atoms with E-state index in [1.54, 1.807) is 0 Å². The van der Waals surface area contributed by atoms with E-state index in [9.17, 15) is 0 Å². The molecule has 1 aliphatic heterocycles. The van der Waals surface area contributed by atoms with Gasteiger partial charge < -0.3 is 5.32 Å². The molecule has 80 valence electrons. The van der Waals surface area contributed by atoms with E-state index < -0.39 is 0 Å². The van der Waals surface area contributed by atoms with Crippen LogP contribution >= 0.6 is 11.8 Å². The molecule has 1 unspecified atom stereocenters. The lowest BCUT2D eigenvalue weighted by atomic mass is 9.86. The average Bonchev–Trinajstić information content (AvgIpc) is 2.51. The van der Waals surface area contributed by atoms with Gasteiger partial charge in [-0.05, 0) is 25.2 Å². The summed E-state index contributed by atoms with van der Waals surface area (Å²) in [6.45, 7) is 4.44. The Labute approximate surface area is 90.9 Å². The van der Waals surface area contributed by atoms with Gasteiger partial charge in [0.25, 0.3) is 0 Å². The van der Waals surface area contributed by atoms with Crippen LogP contribution in [0.4, 0.5) is 0 Å². The lowest BCUT2D eigenvalue weighted by Crippen LogP contribution is -2.30. The van der Waals surface area contributed by atoms with Crippen molar-refractivity contribution >= 4 is 16.9 Å². The first kappa shape index (κ1) is 10.3. The van der Waals surface area contributed by atoms with E-state index in [0.29, 0.717) is 0 Å². The van der Waals surface area contributed by atoms with E-state index in [2.05, 4.69) is 17.2 Å². The molecule has 1 fully saturated rings. The second-order valence-electron chi connectivity index (χ2n) is 4.35. The molecule has 1 saturated carbocycles. The summed E-state index contributed by atoms with van der Waals surface area (Å²) in [6.07, 6.45) is 6.86. The summed E-state index contributed by atoms with van der Waals surface area (Å²) >= 11 is 1.95. The Morgan fingerprint density at radius 3 is 3.00 bits per heavy atom. The molecule has 0 aromatic rings. The quantitative estimate of drug-likeness (QED) is 0.775. The van der Waals surface area contributed by atoms with Crippen molar-refractivity contribution in [1.29, 1.82) is 0 Å². The summed E-state index contributed by atoms with van der Waals surface area (Å²) in [5.74, 6) is 0.934. The Balaban J connectivity index is 1.62. The molecule has 0 bridgehead atoms. The Kier molecular flexibility index (Phi) is 3.74. The number of nitrogens with zero attached hydrogens (tertiary/aromatic N) is 1. The van der Waals surface area contributed by atoms with Crippen LogP contribution in [-0.2, 0) is 0 Å². The van der Waals surface area contributed by atoms with Gasteiger partial charge in [-0.15, -0.1) is 0 Å². The first-order valence-electron chi connectivity index (χ1n) is 5.83. The van der Waals surface area contributed by atoms with Crippen molar-refractivity contribution in [1.82, 2.24) is 5.32 Å². The number of hydrogen-bond donors (Lipinski definition) is 1. The van der Waals surface area contributed by atoms with Crippen LogP contribution in [0.15, 0.2) is 4.99 Å². The lowest BCUT2D eigenvalue weighted by molar-refractivity contribution is 0.316. The molecule has 2 aliphatic rings. The summed E-state index contributed by atoms with van der Waals surface area (Å²) in [4.78, 5) is 4.53. The molecule has 2 nitrogen and oxygen atoms in total. The standard InChI is InChI=1S/C11H20N2S/c1-2-4-10-8-13-11(14-10)12-7-9-5-3-6-9/h9-10H,2-8H2,1H3,(H,12,13). The highest BCUT2D eigenvalue weighted by Gasteiger charge is 2.21. The molecule has 1 atom stereocenters. The average molecular weight is 212 g/mol. The van der Waals surface area contributed by atoms with Crippen LogP contribution in [0.3, 0.4) is 0 Å². The number of nitrogens with one attached hydrogen (secondary N) is 1. The first-order chi connectivity index (χ1) is 6.88. The summed E-state index contributed by atoms with van der Waals surface area (Å²) < 4.78 is 0. The second-order valence-corrected chi connectivity index (χ2v) is 5.64. The van der Waals surface area contributed by atoms with Crippen molar-refractivity contribution in [3.05, 3.63) is 0 Å². The van der Waals surface area contributed by atoms with Crippen molar-refractivity contribution in [3.63, 3.8) is 0 Å². The van der Waals surface area contributed by atoms with Crippen molar-refractivity contribution in [2.24, 2.45) is 10.9 Å². The molecule has 0 aromatic heterocycles. The summed E-state index contributed by atoms with van der Waals surface area (Å²) in [5, 5.41) is 5.44. The summed E-state index contributed by atoms with van der Waals surface area (Å²) in [5.41, 5.74) is 0. The van der Waals surface area contributed by atoms with Gasteiger partial charge in [0.1, 0.15) is 0 Å². The molecule has 3 heteroatoms. The molecule has 0 spiro atoms. The molecule has 1 aliphatic carbocycles. The fourth-order valence-corrected chi connectivity index (χ4v) is 3.05. The maximum atomic E-state index is 4.53. The van der Waals surface area contributed by atoms with E-state index >= 15 is 0 Å². The van der Waals surface area contributed by atoms with Crippen LogP contribution in [0.25, 0.3) is 0 Å². The Morgan fingerprint density at radius 2 is 2.36 bits per heavy atom. The maximum Gasteiger partial charge on any atom is 0.156 e. The van der Waals surface area contributed by atoms with Crippen molar-refractivity contribution < 1.29 is 0 Å². The molecular weight excluding hydrogens is 192 g/mol. The van der Waals surface area contributed by atoms with Gasteiger partial charge in [0, 0.05) is 11.8 Å². The predicted molar refractivity (Wildman–Crippen MR) is 63.9 cm³/mol. The third kappa shape index (κ3) is 2.66. The fourth-order valence-electron chi connectivity index (χ4n) is 1.92. The van der Waals surface area contributed by atoms with Crippen LogP contribution in [0.2, 0.25) is 0 Å². The normalized spacial score (nSPS) is 27.2. The monoisotopic (exact) mass is 212 g/mol. The van der Waals surface area contributed by atoms with Crippen molar-refractivity contribution in [2.45, 2.75) is 44.3 Å². The number of aliphatic imine (C=N–C) groups is 1. The van der Waals surface area contributed by atoms with Crippen LogP contribution in [-0.4, -0.2) is 23.5 Å². The van der Waals surface area contributed by atoms with Gasteiger partial charge in [0.15, 0.2) is 5.17 Å². The van der Waals surface area contributed by atoms with Gasteiger partial charge in [-0.2, -0.15) is 0 Å². The smallest absolute Gasteiger partial charge is 0.156 e. The summed E-state index contributed by atoms with van der Waals surface area (Å²) in [7, 11) is 0. The minimum Gasteiger partial charge on any atom is -0.365 e. The number of rotatable bonds is 4. The van der Waals surface area contributed by atoms with Gasteiger partial charge >= 0.3 is 0 Å². The zero-order valence-electron chi connectivity index (χ0n) is 8.96. The van der Waals surface area contributed by atoms with Gasteiger partial charge in [0.2, 0.25) is 0 Å². The Morgan fingerprint density at radius 1 is 1.50 bits per heavy atom. The maximum absolute atomic E-state index is 4.53. The molecular formula is C11H20N2S. The molecule has 0 aromatic carbocycles. The van der Waals surface area contributed by atoms with Crippen LogP contribution in [0.1, 0.15) is 39.0 Å². The topological polar surface area (TPSA) is 24.4 Å². The zero-order chi connectivity index (χ0) is 9.80. The van der Waals surface area contributed by atoms with Gasteiger partial charge in [0.05, 0.1) is 6.54 Å². The van der Waals surface area contributed by atoms with E-state index in [0.717, 1.165) is 24.3 Å². The SMILES string of the molecule is CCCC1CN=C(NCC2CCC2)S1. The number of amidine groups is 1. The highest BCUT2D eigenvalue weighted by Crippen LogP contribution is 2.27. The highest BCUT2D eigenvalue weighted by molar-refractivity contribution is 8.14. The minimum atomic E-state index is 0.754. The third-order valence-electron chi connectivity index (χ3n) is 3.09. The fraction of sp³-hybridized carbons (Fsp3) is 0.909. The molecule has 1 N–H and O–H groups in total. The molecule has 14 heavy (non-hydrogen) atoms. The Bertz CT molecular complexity index is 211. The van der Waals surface area contributed by atoms with Gasteiger partial charge in [-0.25, -0.2) is 0 Å². The highest BCUT2D eigenvalue weighted by atomic mass is 32.2.